The number of urea groups is 2. The Bertz CT molecular complexity index is 1910. The van der Waals surface area contributed by atoms with Crippen LogP contribution in [0.15, 0.2) is 78.9 Å². The number of carbonyl (C=O) groups excluding carboxylic acids is 4. The van der Waals surface area contributed by atoms with Crippen LogP contribution in [0.3, 0.4) is 0 Å². The maximum Gasteiger partial charge on any atom is 0.337 e. The number of nitrogens with one attached hydrogen (secondary N) is 6. The van der Waals surface area contributed by atoms with E-state index in [0.717, 1.165) is 11.1 Å². The van der Waals surface area contributed by atoms with Gasteiger partial charge in [-0.25, -0.2) is 20.4 Å². The Labute approximate surface area is 313 Å². The first-order valence-corrected chi connectivity index (χ1v) is 16.6. The summed E-state index contributed by atoms with van der Waals surface area (Å²) in [6.07, 6.45) is 0. The maximum atomic E-state index is 12.3. The monoisotopic (exact) mass is 744 g/mol. The van der Waals surface area contributed by atoms with E-state index >= 15 is 0 Å². The third kappa shape index (κ3) is 12.4. The first-order valence-electron chi connectivity index (χ1n) is 16.6. The van der Waals surface area contributed by atoms with E-state index in [1.165, 1.54) is 40.5 Å². The zero-order valence-electron chi connectivity index (χ0n) is 31.4. The minimum atomic E-state index is -0.663. The van der Waals surface area contributed by atoms with E-state index in [0.29, 0.717) is 62.9 Å². The topological polar surface area (TPSA) is 197 Å². The van der Waals surface area contributed by atoms with Crippen LogP contribution in [0.4, 0.5) is 26.7 Å². The molecule has 4 aromatic carbocycles. The highest BCUT2D eigenvalue weighted by Crippen LogP contribution is 2.38. The molecule has 0 spiro atoms. The van der Waals surface area contributed by atoms with Gasteiger partial charge in [-0.05, 0) is 85.5 Å². The molecule has 0 aromatic heterocycles. The van der Waals surface area contributed by atoms with Gasteiger partial charge in [0.2, 0.25) is 5.75 Å². The van der Waals surface area contributed by atoms with Crippen molar-refractivity contribution in [3.05, 3.63) is 106 Å². The molecule has 54 heavy (non-hydrogen) atoms. The Kier molecular flexibility index (Phi) is 15.6. The Morgan fingerprint density at radius 1 is 0.685 bits per heavy atom. The largest absolute Gasteiger partial charge is 0.493 e. The van der Waals surface area contributed by atoms with Gasteiger partial charge in [0.25, 0.3) is 17.5 Å². The molecule has 0 saturated carbocycles. The normalized spacial score (nSPS) is 10.1. The molecular formula is C38H46N7O9+. The Balaban J connectivity index is 0.000000291. The number of ether oxygens (including phenoxy) is 4. The van der Waals surface area contributed by atoms with E-state index in [9.17, 15) is 24.1 Å². The Morgan fingerprint density at radius 2 is 1.24 bits per heavy atom. The molecule has 286 valence electrons. The fraction of sp³-hybridized carbons (Fsp3) is 0.263. The van der Waals surface area contributed by atoms with Crippen molar-refractivity contribution < 1.29 is 42.9 Å². The molecule has 0 saturated heterocycles. The molecule has 0 atom stereocenters. The smallest absolute Gasteiger partial charge is 0.337 e. The number of methoxy groups -OCH3 is 3. The van der Waals surface area contributed by atoms with Gasteiger partial charge in [0.05, 0.1) is 27.9 Å². The van der Waals surface area contributed by atoms with Crippen LogP contribution >= 0.6 is 0 Å². The van der Waals surface area contributed by atoms with Crippen LogP contribution in [-0.2, 0) is 0 Å². The summed E-state index contributed by atoms with van der Waals surface area (Å²) in [5.41, 5.74) is 13.5. The van der Waals surface area contributed by atoms with Crippen LogP contribution in [-0.4, -0.2) is 63.6 Å². The van der Waals surface area contributed by atoms with Crippen LogP contribution in [0.1, 0.15) is 45.7 Å². The lowest BCUT2D eigenvalue weighted by molar-refractivity contribution is -0.428. The SMILES string of the molecule is COc1cc(C(=O)NNC(=O)Nc2ccc([N+](C)=O)cc2)cc(OC)c1OC.Cc1cccc(NC(=O)NNC(=O)c2ccc(OCC(C)C)cc2)c1C. The van der Waals surface area contributed by atoms with Gasteiger partial charge in [-0.15, -0.1) is 0 Å². The summed E-state index contributed by atoms with van der Waals surface area (Å²) in [5.74, 6) is 1.10. The zero-order chi connectivity index (χ0) is 39.8. The van der Waals surface area contributed by atoms with E-state index in [4.69, 9.17) is 18.9 Å². The highest BCUT2D eigenvalue weighted by Gasteiger charge is 2.18. The molecule has 16 nitrogen and oxygen atoms in total. The van der Waals surface area contributed by atoms with Crippen molar-refractivity contribution in [3.63, 3.8) is 0 Å². The van der Waals surface area contributed by atoms with Gasteiger partial charge in [0, 0.05) is 44.3 Å². The first kappa shape index (κ1) is 41.6. The van der Waals surface area contributed by atoms with Gasteiger partial charge in [-0.1, -0.05) is 26.0 Å². The number of nitrogens with zero attached hydrogens (tertiary/aromatic N) is 1. The van der Waals surface area contributed by atoms with Crippen LogP contribution in [0.2, 0.25) is 0 Å². The van der Waals surface area contributed by atoms with Gasteiger partial charge < -0.3 is 29.6 Å². The minimum Gasteiger partial charge on any atom is -0.493 e. The summed E-state index contributed by atoms with van der Waals surface area (Å²) < 4.78 is 21.8. The van der Waals surface area contributed by atoms with Crippen molar-refractivity contribution in [2.24, 2.45) is 5.92 Å². The van der Waals surface area contributed by atoms with Crippen molar-refractivity contribution in [2.45, 2.75) is 27.7 Å². The Hall–Kier alpha value is -6.84. The third-order valence-electron chi connectivity index (χ3n) is 7.55. The van der Waals surface area contributed by atoms with Crippen molar-refractivity contribution in [1.29, 1.82) is 0 Å². The first-order chi connectivity index (χ1) is 25.8. The van der Waals surface area contributed by atoms with Gasteiger partial charge in [-0.3, -0.25) is 20.4 Å². The van der Waals surface area contributed by atoms with Gasteiger partial charge in [0.1, 0.15) is 5.75 Å². The standard InChI is InChI=1S/C20H25N3O3.C18H20N4O6/c1-13(2)12-26-17-10-8-16(9-11-17)19(24)22-23-20(25)21-18-7-5-6-14(3)15(18)4;1-22(25)13-7-5-12(6-8-13)19-18(24)21-20-17(23)11-9-14(26-2)16(28-4)15(10-11)27-3/h5-11,13H,12H2,1-4H3,(H,22,24)(H2,21,23,25);5-10H,1-4H3,(H2-,19,20,21,23,24,25)/p+1. The lowest BCUT2D eigenvalue weighted by Crippen LogP contribution is -2.44. The fourth-order valence-electron chi connectivity index (χ4n) is 4.51. The van der Waals surface area contributed by atoms with Crippen LogP contribution in [0, 0.1) is 24.7 Å². The highest BCUT2D eigenvalue weighted by atomic mass is 16.5. The predicted molar refractivity (Wildman–Crippen MR) is 204 cm³/mol. The molecule has 0 bridgehead atoms. The van der Waals surface area contributed by atoms with E-state index < -0.39 is 23.9 Å². The van der Waals surface area contributed by atoms with Gasteiger partial charge >= 0.3 is 12.1 Å². The number of hydrogen-bond donors (Lipinski definition) is 6. The lowest BCUT2D eigenvalue weighted by atomic mass is 10.1. The van der Waals surface area contributed by atoms with Gasteiger partial charge in [0.15, 0.2) is 18.5 Å². The van der Waals surface area contributed by atoms with Crippen molar-refractivity contribution in [1.82, 2.24) is 21.7 Å². The minimum absolute atomic E-state index is 0.192. The van der Waals surface area contributed by atoms with Crippen molar-refractivity contribution in [3.8, 4) is 23.0 Å². The summed E-state index contributed by atoms with van der Waals surface area (Å²) in [7, 11) is 5.68. The molecule has 0 radical (unpaired) electrons. The summed E-state index contributed by atoms with van der Waals surface area (Å²) in [6, 6.07) is 20.3. The fourth-order valence-corrected chi connectivity index (χ4v) is 4.51. The van der Waals surface area contributed by atoms with Crippen LogP contribution in [0.25, 0.3) is 0 Å². The second-order valence-electron chi connectivity index (χ2n) is 12.0. The number of hydrazine groups is 2. The lowest BCUT2D eigenvalue weighted by Gasteiger charge is -2.14. The number of amides is 6. The van der Waals surface area contributed by atoms with E-state index in [1.807, 2.05) is 26.0 Å². The molecule has 0 fully saturated rings. The summed E-state index contributed by atoms with van der Waals surface area (Å²) >= 11 is 0. The number of aryl methyl sites for hydroxylation is 1. The number of hydrogen-bond acceptors (Lipinski definition) is 9. The molecule has 16 heteroatoms. The molecule has 6 N–H and O–H groups in total. The zero-order valence-corrected chi connectivity index (χ0v) is 31.4. The van der Waals surface area contributed by atoms with E-state index in [1.54, 1.807) is 54.6 Å². The Morgan fingerprint density at radius 3 is 1.76 bits per heavy atom. The van der Waals surface area contributed by atoms with Crippen molar-refractivity contribution >= 4 is 40.9 Å². The van der Waals surface area contributed by atoms with E-state index in [2.05, 4.69) is 46.2 Å². The maximum absolute atomic E-state index is 12.3. The molecule has 4 aromatic rings. The second kappa shape index (κ2) is 20.3. The molecule has 6 amide bonds. The van der Waals surface area contributed by atoms with Gasteiger partial charge in [-0.2, -0.15) is 0 Å². The molecule has 0 aliphatic rings. The third-order valence-corrected chi connectivity index (χ3v) is 7.55. The number of rotatable bonds is 11. The quantitative estimate of drug-likeness (QED) is 0.0785. The molecule has 0 aliphatic carbocycles. The molecule has 4 rings (SSSR count). The molecule has 0 unspecified atom stereocenters. The summed E-state index contributed by atoms with van der Waals surface area (Å²) in [6.45, 7) is 8.64. The second-order valence-corrected chi connectivity index (χ2v) is 12.0. The summed E-state index contributed by atoms with van der Waals surface area (Å²) in [5, 5.41) is 5.23. The molecule has 0 aliphatic heterocycles. The van der Waals surface area contributed by atoms with Crippen LogP contribution < -0.4 is 51.3 Å². The van der Waals surface area contributed by atoms with E-state index in [-0.39, 0.29) is 5.56 Å². The average Bonchev–Trinajstić information content (AvgIpc) is 3.16. The number of benzene rings is 4. The van der Waals surface area contributed by atoms with Crippen LogP contribution in [0.5, 0.6) is 23.0 Å². The predicted octanol–water partition coefficient (Wildman–Crippen LogP) is 6.02. The number of carbonyl (C=O) groups is 4. The molecule has 0 heterocycles. The highest BCUT2D eigenvalue weighted by molar-refractivity contribution is 5.98. The number of nitroso groups, excluding NO2 is 1. The summed E-state index contributed by atoms with van der Waals surface area (Å²) in [4.78, 5) is 59.5. The molecular weight excluding hydrogens is 698 g/mol. The van der Waals surface area contributed by atoms with Crippen molar-refractivity contribution in [2.75, 3.05) is 45.6 Å². The number of anilines is 2. The average molecular weight is 745 g/mol.